The molecule has 2 aliphatic rings. The van der Waals surface area contributed by atoms with E-state index in [-0.39, 0.29) is 48.2 Å². The zero-order valence-electron chi connectivity index (χ0n) is 23.3. The van der Waals surface area contributed by atoms with Crippen LogP contribution < -0.4 is 14.8 Å². The van der Waals surface area contributed by atoms with Gasteiger partial charge >= 0.3 is 11.9 Å². The van der Waals surface area contributed by atoms with E-state index in [4.69, 9.17) is 28.4 Å². The fraction of sp³-hybridized carbons (Fsp3) is 0.517. The van der Waals surface area contributed by atoms with E-state index in [2.05, 4.69) is 10.3 Å². The Morgan fingerprint density at radius 1 is 1.15 bits per heavy atom. The molecule has 2 aromatic rings. The molecule has 11 nitrogen and oxygen atoms in total. The van der Waals surface area contributed by atoms with Crippen LogP contribution in [0, 0.1) is 17.7 Å². The average molecular weight is 575 g/mol. The lowest BCUT2D eigenvalue weighted by molar-refractivity contribution is -0.155. The minimum absolute atomic E-state index is 0.0626. The predicted molar refractivity (Wildman–Crippen MR) is 142 cm³/mol. The van der Waals surface area contributed by atoms with Crippen LogP contribution in [-0.2, 0) is 35.0 Å². The summed E-state index contributed by atoms with van der Waals surface area (Å²) in [6.07, 6.45) is 3.05. The first-order valence-corrected chi connectivity index (χ1v) is 13.5. The molecule has 12 heteroatoms. The number of carbonyl (C=O) groups excluding carboxylic acids is 3. The standard InChI is InChI=1S/C29H35FN2O9/c1-17-22(12-19-6-8-21(30)9-7-19)25(38-13-20-4-5-20)15-37-14-23(29(35)41-17)32-28(34)26-27(40-16-39-18(2)33)24(36-3)10-11-31-26/h6-11,17,20,22-23,25H,4-5,12-16H2,1-3H3,(H,32,34). The molecule has 2 fully saturated rings. The number of benzene rings is 1. The van der Waals surface area contributed by atoms with Crippen LogP contribution in [0.1, 0.15) is 42.7 Å². The number of hydrogen-bond donors (Lipinski definition) is 1. The smallest absolute Gasteiger partial charge is 0.331 e. The highest BCUT2D eigenvalue weighted by Gasteiger charge is 2.37. The fourth-order valence-corrected chi connectivity index (χ4v) is 4.45. The van der Waals surface area contributed by atoms with E-state index in [1.54, 1.807) is 19.1 Å². The number of carbonyl (C=O) groups is 3. The van der Waals surface area contributed by atoms with Crippen LogP contribution in [0.5, 0.6) is 11.5 Å². The molecule has 1 N–H and O–H groups in total. The number of aromatic nitrogens is 1. The third-order valence-electron chi connectivity index (χ3n) is 6.94. The summed E-state index contributed by atoms with van der Waals surface area (Å²) >= 11 is 0. The van der Waals surface area contributed by atoms with Gasteiger partial charge < -0.3 is 33.7 Å². The van der Waals surface area contributed by atoms with Crippen molar-refractivity contribution >= 4 is 17.8 Å². The molecule has 4 rings (SSSR count). The third-order valence-corrected chi connectivity index (χ3v) is 6.94. The lowest BCUT2D eigenvalue weighted by Gasteiger charge is -2.31. The number of amides is 1. The van der Waals surface area contributed by atoms with Crippen LogP contribution >= 0.6 is 0 Å². The molecular formula is C29H35FN2O9. The second-order valence-electron chi connectivity index (χ2n) is 10.1. The molecule has 0 spiro atoms. The zero-order chi connectivity index (χ0) is 29.4. The Balaban J connectivity index is 1.49. The Morgan fingerprint density at radius 3 is 2.59 bits per heavy atom. The molecule has 1 saturated carbocycles. The van der Waals surface area contributed by atoms with Gasteiger partial charge in [-0.2, -0.15) is 0 Å². The highest BCUT2D eigenvalue weighted by Crippen LogP contribution is 2.32. The summed E-state index contributed by atoms with van der Waals surface area (Å²) < 4.78 is 47.0. The van der Waals surface area contributed by atoms with Gasteiger partial charge in [0.2, 0.25) is 6.79 Å². The first kappa shape index (κ1) is 30.2. The Labute approximate surface area is 237 Å². The summed E-state index contributed by atoms with van der Waals surface area (Å²) in [5, 5.41) is 2.61. The maximum Gasteiger partial charge on any atom is 0.331 e. The molecule has 1 aromatic carbocycles. The van der Waals surface area contributed by atoms with Gasteiger partial charge in [0.1, 0.15) is 11.9 Å². The van der Waals surface area contributed by atoms with Crippen molar-refractivity contribution in [3.05, 3.63) is 53.6 Å². The first-order valence-electron chi connectivity index (χ1n) is 13.5. The second kappa shape index (κ2) is 14.2. The van der Waals surface area contributed by atoms with Crippen molar-refractivity contribution in [1.29, 1.82) is 0 Å². The Hall–Kier alpha value is -3.77. The van der Waals surface area contributed by atoms with Gasteiger partial charge in [0.15, 0.2) is 23.2 Å². The van der Waals surface area contributed by atoms with Gasteiger partial charge in [0.05, 0.1) is 26.4 Å². The second-order valence-corrected chi connectivity index (χ2v) is 10.1. The summed E-state index contributed by atoms with van der Waals surface area (Å²) in [5.41, 5.74) is 0.686. The Morgan fingerprint density at radius 2 is 1.90 bits per heavy atom. The lowest BCUT2D eigenvalue weighted by Crippen LogP contribution is -2.46. The zero-order valence-corrected chi connectivity index (χ0v) is 23.3. The Kier molecular flexibility index (Phi) is 10.5. The minimum atomic E-state index is -1.16. The SMILES string of the molecule is COc1ccnc(C(=O)NC2COCC(OCC3CC3)C(Cc3ccc(F)cc3)C(C)OC2=O)c1OCOC(C)=O. The average Bonchev–Trinajstić information content (AvgIpc) is 3.77. The van der Waals surface area contributed by atoms with E-state index in [1.165, 1.54) is 38.4 Å². The van der Waals surface area contributed by atoms with Gasteiger partial charge in [-0.3, -0.25) is 9.59 Å². The van der Waals surface area contributed by atoms with E-state index in [9.17, 15) is 18.8 Å². The molecule has 1 saturated heterocycles. The molecule has 1 aliphatic heterocycles. The van der Waals surface area contributed by atoms with Gasteiger partial charge in [-0.1, -0.05) is 12.1 Å². The molecule has 4 unspecified atom stereocenters. The number of methoxy groups -OCH3 is 1. The molecule has 1 aromatic heterocycles. The molecule has 222 valence electrons. The van der Waals surface area contributed by atoms with E-state index in [0.717, 1.165) is 18.4 Å². The molecule has 1 amide bonds. The van der Waals surface area contributed by atoms with E-state index in [0.29, 0.717) is 18.9 Å². The highest BCUT2D eigenvalue weighted by molar-refractivity contribution is 5.98. The summed E-state index contributed by atoms with van der Waals surface area (Å²) in [5.74, 6) is -2.00. The predicted octanol–water partition coefficient (Wildman–Crippen LogP) is 2.84. The van der Waals surface area contributed by atoms with Crippen molar-refractivity contribution < 1.29 is 47.2 Å². The van der Waals surface area contributed by atoms with Gasteiger partial charge in [0, 0.05) is 31.7 Å². The van der Waals surface area contributed by atoms with Crippen LogP contribution in [0.15, 0.2) is 36.5 Å². The summed E-state index contributed by atoms with van der Waals surface area (Å²) in [6.45, 7) is 3.09. The largest absolute Gasteiger partial charge is 0.493 e. The molecule has 0 radical (unpaired) electrons. The number of ether oxygens (including phenoxy) is 6. The number of hydrogen-bond acceptors (Lipinski definition) is 10. The summed E-state index contributed by atoms with van der Waals surface area (Å²) in [7, 11) is 1.38. The van der Waals surface area contributed by atoms with Crippen LogP contribution in [0.25, 0.3) is 0 Å². The number of pyridine rings is 1. The van der Waals surface area contributed by atoms with Crippen LogP contribution in [0.2, 0.25) is 0 Å². The fourth-order valence-electron chi connectivity index (χ4n) is 4.45. The molecule has 1 aliphatic carbocycles. The van der Waals surface area contributed by atoms with Crippen molar-refractivity contribution in [2.45, 2.75) is 51.4 Å². The monoisotopic (exact) mass is 574 g/mol. The highest BCUT2D eigenvalue weighted by atomic mass is 19.1. The maximum atomic E-state index is 13.5. The lowest BCUT2D eigenvalue weighted by atomic mass is 9.89. The summed E-state index contributed by atoms with van der Waals surface area (Å²) in [4.78, 5) is 41.7. The van der Waals surface area contributed by atoms with E-state index >= 15 is 0 Å². The number of nitrogens with one attached hydrogen (secondary N) is 1. The topological polar surface area (TPSA) is 132 Å². The number of rotatable bonds is 11. The maximum absolute atomic E-state index is 13.5. The quantitative estimate of drug-likeness (QED) is 0.316. The van der Waals surface area contributed by atoms with Crippen LogP contribution in [-0.4, -0.2) is 74.8 Å². The third kappa shape index (κ3) is 8.61. The molecule has 4 atom stereocenters. The van der Waals surface area contributed by atoms with Crippen molar-refractivity contribution in [3.8, 4) is 11.5 Å². The molecular weight excluding hydrogens is 539 g/mol. The van der Waals surface area contributed by atoms with E-state index < -0.39 is 36.8 Å². The normalized spacial score (nSPS) is 22.9. The molecule has 0 bridgehead atoms. The number of esters is 2. The minimum Gasteiger partial charge on any atom is -0.493 e. The number of nitrogens with zero attached hydrogens (tertiary/aromatic N) is 1. The summed E-state index contributed by atoms with van der Waals surface area (Å²) in [6, 6.07) is 6.48. The number of cyclic esters (lactones) is 1. The molecule has 41 heavy (non-hydrogen) atoms. The van der Waals surface area contributed by atoms with Crippen LogP contribution in [0.3, 0.4) is 0 Å². The van der Waals surface area contributed by atoms with Crippen molar-refractivity contribution in [2.75, 3.05) is 33.7 Å². The van der Waals surface area contributed by atoms with Gasteiger partial charge in [-0.05, 0) is 49.8 Å². The Bertz CT molecular complexity index is 1210. The van der Waals surface area contributed by atoms with Crippen molar-refractivity contribution in [1.82, 2.24) is 10.3 Å². The first-order chi connectivity index (χ1) is 19.7. The van der Waals surface area contributed by atoms with Crippen molar-refractivity contribution in [2.24, 2.45) is 11.8 Å². The molecule has 2 heterocycles. The van der Waals surface area contributed by atoms with Gasteiger partial charge in [-0.25, -0.2) is 14.2 Å². The van der Waals surface area contributed by atoms with E-state index in [1.807, 2.05) is 0 Å². The van der Waals surface area contributed by atoms with Crippen LogP contribution in [0.4, 0.5) is 4.39 Å². The van der Waals surface area contributed by atoms with Gasteiger partial charge in [-0.15, -0.1) is 0 Å². The van der Waals surface area contributed by atoms with Gasteiger partial charge in [0.25, 0.3) is 5.91 Å². The number of halogens is 1. The van der Waals surface area contributed by atoms with Crippen molar-refractivity contribution in [3.63, 3.8) is 0 Å².